The number of benzene rings is 1. The van der Waals surface area contributed by atoms with E-state index in [1.165, 1.54) is 19.2 Å². The Bertz CT molecular complexity index is 1060. The van der Waals surface area contributed by atoms with Gasteiger partial charge < -0.3 is 15.4 Å². The summed E-state index contributed by atoms with van der Waals surface area (Å²) in [5.41, 5.74) is 1.48. The van der Waals surface area contributed by atoms with Gasteiger partial charge >= 0.3 is 6.18 Å². The number of hydrogen-bond acceptors (Lipinski definition) is 4. The molecular formula is C26H36ClF3N4O2. The number of amides is 1. The Morgan fingerprint density at radius 3 is 2.53 bits per heavy atom. The lowest BCUT2D eigenvalue weighted by Crippen LogP contribution is -2.39. The first kappa shape index (κ1) is 28.2. The Labute approximate surface area is 215 Å². The molecule has 0 radical (unpaired) electrons. The van der Waals surface area contributed by atoms with Gasteiger partial charge in [0.15, 0.2) is 5.69 Å². The first-order chi connectivity index (χ1) is 16.9. The van der Waals surface area contributed by atoms with Gasteiger partial charge in [0.25, 0.3) is 5.91 Å². The number of nitrogens with one attached hydrogen (secondary N) is 2. The van der Waals surface area contributed by atoms with E-state index >= 15 is 0 Å². The Balaban J connectivity index is 1.86. The molecule has 6 nitrogen and oxygen atoms in total. The minimum absolute atomic E-state index is 0.0877. The van der Waals surface area contributed by atoms with Crippen LogP contribution in [0.1, 0.15) is 70.3 Å². The largest absolute Gasteiger partial charge is 0.496 e. The summed E-state index contributed by atoms with van der Waals surface area (Å²) in [4.78, 5) is 13.1. The molecule has 1 aliphatic rings. The highest BCUT2D eigenvalue weighted by molar-refractivity contribution is 6.36. The van der Waals surface area contributed by atoms with Crippen molar-refractivity contribution in [2.45, 2.75) is 78.6 Å². The summed E-state index contributed by atoms with van der Waals surface area (Å²) < 4.78 is 46.0. The molecule has 1 saturated carbocycles. The van der Waals surface area contributed by atoms with Crippen molar-refractivity contribution in [1.29, 1.82) is 0 Å². The molecule has 0 saturated heterocycles. The minimum atomic E-state index is -4.38. The second-order valence-corrected chi connectivity index (χ2v) is 10.2. The van der Waals surface area contributed by atoms with Crippen molar-refractivity contribution in [3.05, 3.63) is 28.9 Å². The van der Waals surface area contributed by atoms with Gasteiger partial charge in [-0.3, -0.25) is 9.48 Å². The molecule has 200 valence electrons. The molecule has 0 spiro atoms. The zero-order chi connectivity index (χ0) is 26.7. The molecule has 1 aromatic heterocycles. The lowest BCUT2D eigenvalue weighted by Gasteiger charge is -2.39. The van der Waals surface area contributed by atoms with Crippen molar-refractivity contribution < 1.29 is 22.7 Å². The second-order valence-electron chi connectivity index (χ2n) is 9.87. The summed E-state index contributed by atoms with van der Waals surface area (Å²) >= 11 is 6.70. The molecule has 1 aliphatic carbocycles. The summed E-state index contributed by atoms with van der Waals surface area (Å²) in [6.45, 7) is 8.36. The molecule has 1 aromatic carbocycles. The zero-order valence-corrected chi connectivity index (χ0v) is 22.3. The first-order valence-electron chi connectivity index (χ1n) is 12.5. The molecule has 2 aromatic rings. The number of carbonyl (C=O) groups is 1. The number of hydrogen-bond donors (Lipinski definition) is 2. The fourth-order valence-electron chi connectivity index (χ4n) is 4.76. The van der Waals surface area contributed by atoms with Crippen LogP contribution in [0.3, 0.4) is 0 Å². The van der Waals surface area contributed by atoms with Gasteiger partial charge in [-0.2, -0.15) is 18.3 Å². The number of rotatable bonds is 9. The average molecular weight is 529 g/mol. The van der Waals surface area contributed by atoms with E-state index in [1.54, 1.807) is 10.7 Å². The van der Waals surface area contributed by atoms with Crippen molar-refractivity contribution in [3.63, 3.8) is 0 Å². The van der Waals surface area contributed by atoms with Crippen LogP contribution in [0, 0.1) is 11.3 Å². The maximum atomic E-state index is 13.1. The van der Waals surface area contributed by atoms with Crippen LogP contribution in [-0.2, 0) is 6.54 Å². The van der Waals surface area contributed by atoms with Gasteiger partial charge in [0.2, 0.25) is 0 Å². The molecule has 36 heavy (non-hydrogen) atoms. The fourth-order valence-corrected chi connectivity index (χ4v) is 5.08. The van der Waals surface area contributed by atoms with E-state index in [-0.39, 0.29) is 27.7 Å². The number of anilines is 1. The number of carbonyl (C=O) groups excluding carboxylic acids is 1. The molecule has 1 amide bonds. The van der Waals surface area contributed by atoms with Gasteiger partial charge in [-0.05, 0) is 56.6 Å². The average Bonchev–Trinajstić information content (AvgIpc) is 3.19. The van der Waals surface area contributed by atoms with Crippen LogP contribution < -0.4 is 15.4 Å². The highest BCUT2D eigenvalue weighted by Gasteiger charge is 2.36. The predicted octanol–water partition coefficient (Wildman–Crippen LogP) is 6.93. The van der Waals surface area contributed by atoms with Crippen LogP contribution in [-0.4, -0.2) is 41.6 Å². The van der Waals surface area contributed by atoms with E-state index < -0.39 is 12.2 Å². The zero-order valence-electron chi connectivity index (χ0n) is 21.6. The van der Waals surface area contributed by atoms with E-state index in [4.69, 9.17) is 16.3 Å². The summed E-state index contributed by atoms with van der Waals surface area (Å²) in [5.74, 6) is 0.695. The molecular weight excluding hydrogens is 493 g/mol. The van der Waals surface area contributed by atoms with Crippen LogP contribution in [0.2, 0.25) is 5.02 Å². The van der Waals surface area contributed by atoms with E-state index in [2.05, 4.69) is 29.6 Å². The number of nitrogens with zero attached hydrogens (tertiary/aromatic N) is 2. The van der Waals surface area contributed by atoms with Crippen molar-refractivity contribution in [1.82, 2.24) is 15.1 Å². The molecule has 10 heteroatoms. The van der Waals surface area contributed by atoms with Crippen molar-refractivity contribution in [3.8, 4) is 17.0 Å². The summed E-state index contributed by atoms with van der Waals surface area (Å²) in [5, 5.41) is 10.1. The summed E-state index contributed by atoms with van der Waals surface area (Å²) in [6, 6.07) is 2.90. The Hall–Kier alpha value is -2.42. The van der Waals surface area contributed by atoms with Gasteiger partial charge in [0.1, 0.15) is 11.8 Å². The maximum Gasteiger partial charge on any atom is 0.408 e. The molecule has 1 atom stereocenters. The topological polar surface area (TPSA) is 68.2 Å². The van der Waals surface area contributed by atoms with Gasteiger partial charge in [-0.25, -0.2) is 0 Å². The first-order valence-corrected chi connectivity index (χ1v) is 12.9. The fraction of sp³-hybridized carbons (Fsp3) is 0.615. The van der Waals surface area contributed by atoms with E-state index in [9.17, 15) is 18.0 Å². The minimum Gasteiger partial charge on any atom is -0.496 e. The Morgan fingerprint density at radius 1 is 1.31 bits per heavy atom. The standard InChI is InChI=1S/C26H36ClF3N4O2/c1-6-25(12-10-16(3)11-13-25)15-31-24(35)22-21(27)23(34(7-2)33-22)19-9-8-18(14-20(19)36-5)32-17(4)26(28,29)30/h8-9,14,16-17,32H,6-7,10-13,15H2,1-5H3,(H,31,35)/t16?,17-,25?/m1/s1. The van der Waals surface area contributed by atoms with Crippen LogP contribution in [0.25, 0.3) is 11.3 Å². The van der Waals surface area contributed by atoms with E-state index in [1.807, 2.05) is 6.92 Å². The Kier molecular flexibility index (Phi) is 8.85. The second kappa shape index (κ2) is 11.3. The highest BCUT2D eigenvalue weighted by atomic mass is 35.5. The number of aromatic nitrogens is 2. The number of halogens is 4. The SMILES string of the molecule is CCn1nc(C(=O)NCC2(CC)CCC(C)CC2)c(Cl)c1-c1ccc(N[C@H](C)C(F)(F)F)cc1OC. The molecule has 1 fully saturated rings. The van der Waals surface area contributed by atoms with E-state index in [0.29, 0.717) is 36.0 Å². The van der Waals surface area contributed by atoms with Crippen molar-refractivity contribution in [2.75, 3.05) is 19.0 Å². The van der Waals surface area contributed by atoms with Crippen molar-refractivity contribution in [2.24, 2.45) is 11.3 Å². The molecule has 3 rings (SSSR count). The smallest absolute Gasteiger partial charge is 0.408 e. The molecule has 0 aliphatic heterocycles. The third kappa shape index (κ3) is 6.10. The summed E-state index contributed by atoms with van der Waals surface area (Å²) in [6.07, 6.45) is 1.09. The van der Waals surface area contributed by atoms with Crippen LogP contribution in [0.5, 0.6) is 5.75 Å². The predicted molar refractivity (Wildman–Crippen MR) is 137 cm³/mol. The lowest BCUT2D eigenvalue weighted by molar-refractivity contribution is -0.138. The third-order valence-corrected chi connectivity index (χ3v) is 7.81. The van der Waals surface area contributed by atoms with Gasteiger partial charge in [-0.15, -0.1) is 0 Å². The Morgan fingerprint density at radius 2 is 1.97 bits per heavy atom. The quantitative estimate of drug-likeness (QED) is 0.370. The van der Waals surface area contributed by atoms with Crippen molar-refractivity contribution >= 4 is 23.2 Å². The van der Waals surface area contributed by atoms with Gasteiger partial charge in [0, 0.05) is 30.4 Å². The molecule has 0 unspecified atom stereocenters. The summed E-state index contributed by atoms with van der Waals surface area (Å²) in [7, 11) is 1.43. The number of ether oxygens (including phenoxy) is 1. The lowest BCUT2D eigenvalue weighted by atomic mass is 9.69. The maximum absolute atomic E-state index is 13.1. The normalized spacial score (nSPS) is 21.2. The third-order valence-electron chi connectivity index (χ3n) is 7.45. The number of alkyl halides is 3. The number of aryl methyl sites for hydroxylation is 1. The molecule has 2 N–H and O–H groups in total. The molecule has 1 heterocycles. The highest BCUT2D eigenvalue weighted by Crippen LogP contribution is 2.42. The number of methoxy groups -OCH3 is 1. The van der Waals surface area contributed by atoms with Crippen LogP contribution in [0.4, 0.5) is 18.9 Å². The van der Waals surface area contributed by atoms with Gasteiger partial charge in [0.05, 0.1) is 17.8 Å². The van der Waals surface area contributed by atoms with Gasteiger partial charge in [-0.1, -0.05) is 38.3 Å². The van der Waals surface area contributed by atoms with Crippen LogP contribution in [0.15, 0.2) is 18.2 Å². The van der Waals surface area contributed by atoms with E-state index in [0.717, 1.165) is 39.0 Å². The molecule has 0 bridgehead atoms. The van der Waals surface area contributed by atoms with Crippen LogP contribution >= 0.6 is 11.6 Å². The monoisotopic (exact) mass is 528 g/mol.